The highest BCUT2D eigenvalue weighted by Gasteiger charge is 2.62. The third kappa shape index (κ3) is 5.01. The molecule has 0 spiro atoms. The lowest BCUT2D eigenvalue weighted by Crippen LogP contribution is -2.42. The van der Waals surface area contributed by atoms with Gasteiger partial charge in [-0.2, -0.15) is 13.2 Å². The van der Waals surface area contributed by atoms with Crippen LogP contribution in [0.4, 0.5) is 13.2 Å². The average Bonchev–Trinajstić information content (AvgIpc) is 3.17. The molecular formula is C21H18ClF3IN3O3. The lowest BCUT2D eigenvalue weighted by molar-refractivity contribution is -0.275. The van der Waals surface area contributed by atoms with Crippen LogP contribution in [0.1, 0.15) is 40.4 Å². The minimum absolute atomic E-state index is 0.114. The van der Waals surface area contributed by atoms with E-state index in [-0.39, 0.29) is 16.3 Å². The first-order valence-corrected chi connectivity index (χ1v) is 10.9. The smallest absolute Gasteiger partial charge is 0.395 e. The fourth-order valence-electron chi connectivity index (χ4n) is 3.18. The normalized spacial score (nSPS) is 18.4. The topological polar surface area (TPSA) is 72.3 Å². The average molecular weight is 580 g/mol. The summed E-state index contributed by atoms with van der Waals surface area (Å²) in [5, 5.41) is 9.93. The van der Waals surface area contributed by atoms with Gasteiger partial charge in [-0.05, 0) is 66.3 Å². The summed E-state index contributed by atoms with van der Waals surface area (Å²) < 4.78 is 43.0. The van der Waals surface area contributed by atoms with E-state index in [0.717, 1.165) is 6.34 Å². The van der Waals surface area contributed by atoms with Gasteiger partial charge in [-0.15, -0.1) is 0 Å². The molecule has 1 heterocycles. The van der Waals surface area contributed by atoms with Gasteiger partial charge in [-0.1, -0.05) is 34.0 Å². The fraction of sp³-hybridized carbons (Fsp3) is 0.286. The number of carbonyl (C=O) groups is 1. The third-order valence-corrected chi connectivity index (χ3v) is 5.80. The molecule has 0 aromatic heterocycles. The van der Waals surface area contributed by atoms with Gasteiger partial charge in [0.2, 0.25) is 0 Å². The monoisotopic (exact) mass is 579 g/mol. The molecule has 0 bridgehead atoms. The zero-order valence-corrected chi connectivity index (χ0v) is 19.9. The molecule has 1 N–H and O–H groups in total. The van der Waals surface area contributed by atoms with Gasteiger partial charge in [0, 0.05) is 26.1 Å². The van der Waals surface area contributed by atoms with Crippen molar-refractivity contribution < 1.29 is 27.6 Å². The lowest BCUT2D eigenvalue weighted by atomic mass is 9.86. The summed E-state index contributed by atoms with van der Waals surface area (Å²) >= 11 is 7.93. The second-order valence-electron chi connectivity index (χ2n) is 6.97. The number of halogens is 5. The third-order valence-electron chi connectivity index (χ3n) is 4.69. The van der Waals surface area contributed by atoms with Crippen LogP contribution < -0.4 is 5.32 Å². The van der Waals surface area contributed by atoms with Crippen LogP contribution in [0, 0.1) is 10.5 Å². The Kier molecular flexibility index (Phi) is 7.33. The van der Waals surface area contributed by atoms with Gasteiger partial charge < -0.3 is 15.0 Å². The predicted molar refractivity (Wildman–Crippen MR) is 123 cm³/mol. The van der Waals surface area contributed by atoms with Crippen LogP contribution >= 0.6 is 34.2 Å². The standard InChI is InChI=1S/C21H18ClF3IN3O3/c1-3-31-28-11-27-19(30)16-5-4-13(8-17(16)26)18-10-20(32-29-18,21(23,24)25)14-6-12(2)7-15(22)9-14/h4-9,11H,3,10H2,1-2H3,(H,27,28,30). The number of nitrogens with one attached hydrogen (secondary N) is 1. The second-order valence-corrected chi connectivity index (χ2v) is 8.57. The van der Waals surface area contributed by atoms with Crippen molar-refractivity contribution in [3.8, 4) is 0 Å². The fourth-order valence-corrected chi connectivity index (χ4v) is 4.23. The van der Waals surface area contributed by atoms with Crippen LogP contribution in [-0.4, -0.2) is 30.7 Å². The highest BCUT2D eigenvalue weighted by Crippen LogP contribution is 2.49. The first-order chi connectivity index (χ1) is 15.1. The van der Waals surface area contributed by atoms with Gasteiger partial charge in [-0.25, -0.2) is 0 Å². The molecule has 1 aliphatic rings. The van der Waals surface area contributed by atoms with Crippen LogP contribution in [0.5, 0.6) is 0 Å². The van der Waals surface area contributed by atoms with E-state index in [2.05, 4.69) is 15.6 Å². The van der Waals surface area contributed by atoms with E-state index in [0.29, 0.717) is 26.9 Å². The van der Waals surface area contributed by atoms with Crippen molar-refractivity contribution in [3.63, 3.8) is 0 Å². The number of amides is 1. The molecule has 11 heteroatoms. The lowest BCUT2D eigenvalue weighted by Gasteiger charge is -2.29. The van der Waals surface area contributed by atoms with Gasteiger partial charge in [-0.3, -0.25) is 4.79 Å². The molecule has 3 rings (SSSR count). The Morgan fingerprint density at radius 3 is 2.75 bits per heavy atom. The van der Waals surface area contributed by atoms with E-state index in [1.54, 1.807) is 26.0 Å². The number of aryl methyl sites for hydroxylation is 1. The number of nitrogens with zero attached hydrogens (tertiary/aromatic N) is 2. The van der Waals surface area contributed by atoms with Crippen LogP contribution in [0.15, 0.2) is 46.7 Å². The zero-order valence-electron chi connectivity index (χ0n) is 17.0. The summed E-state index contributed by atoms with van der Waals surface area (Å²) in [5.74, 6) is -0.437. The Morgan fingerprint density at radius 1 is 1.38 bits per heavy atom. The molecule has 2 aromatic carbocycles. The van der Waals surface area contributed by atoms with Crippen molar-refractivity contribution in [2.45, 2.75) is 32.0 Å². The molecule has 32 heavy (non-hydrogen) atoms. The largest absolute Gasteiger partial charge is 0.435 e. The highest BCUT2D eigenvalue weighted by molar-refractivity contribution is 14.1. The van der Waals surface area contributed by atoms with Crippen LogP contribution in [-0.2, 0) is 15.3 Å². The maximum atomic E-state index is 14.2. The molecule has 0 fully saturated rings. The molecule has 0 saturated heterocycles. The van der Waals surface area contributed by atoms with Crippen molar-refractivity contribution in [1.29, 1.82) is 0 Å². The summed E-state index contributed by atoms with van der Waals surface area (Å²) in [4.78, 5) is 22.1. The Bertz CT molecular complexity index is 1070. The molecule has 1 unspecified atom stereocenters. The molecule has 6 nitrogen and oxygen atoms in total. The van der Waals surface area contributed by atoms with E-state index in [4.69, 9.17) is 21.3 Å². The maximum Gasteiger partial charge on any atom is 0.435 e. The first-order valence-electron chi connectivity index (χ1n) is 9.41. The van der Waals surface area contributed by atoms with Gasteiger partial charge in [0.15, 0.2) is 0 Å². The second kappa shape index (κ2) is 9.65. The Hall–Kier alpha value is -2.34. The molecule has 1 atom stereocenters. The summed E-state index contributed by atoms with van der Waals surface area (Å²) in [7, 11) is 0. The number of carbonyl (C=O) groups excluding carboxylic acids is 1. The van der Waals surface area contributed by atoms with E-state index in [1.807, 2.05) is 22.6 Å². The molecular weight excluding hydrogens is 562 g/mol. The van der Waals surface area contributed by atoms with Crippen molar-refractivity contribution in [1.82, 2.24) is 5.32 Å². The zero-order chi connectivity index (χ0) is 23.5. The molecule has 0 aliphatic carbocycles. The number of hydrogen-bond acceptors (Lipinski definition) is 5. The summed E-state index contributed by atoms with van der Waals surface area (Å²) in [5.41, 5.74) is -1.33. The quantitative estimate of drug-likeness (QED) is 0.211. The van der Waals surface area contributed by atoms with Crippen LogP contribution in [0.3, 0.4) is 0 Å². The number of alkyl halides is 3. The minimum atomic E-state index is -4.73. The van der Waals surface area contributed by atoms with E-state index in [9.17, 15) is 18.0 Å². The number of benzene rings is 2. The van der Waals surface area contributed by atoms with E-state index >= 15 is 0 Å². The van der Waals surface area contributed by atoms with Crippen LogP contribution in [0.25, 0.3) is 0 Å². The predicted octanol–water partition coefficient (Wildman–Crippen LogP) is 5.54. The minimum Gasteiger partial charge on any atom is -0.395 e. The summed E-state index contributed by atoms with van der Waals surface area (Å²) in [6.07, 6.45) is -4.14. The summed E-state index contributed by atoms with van der Waals surface area (Å²) in [6.45, 7) is 3.76. The Balaban J connectivity index is 1.87. The first kappa shape index (κ1) is 24.3. The van der Waals surface area contributed by atoms with Crippen molar-refractivity contribution in [3.05, 3.63) is 67.2 Å². The summed E-state index contributed by atoms with van der Waals surface area (Å²) in [6, 6.07) is 8.79. The molecule has 1 aliphatic heterocycles. The number of oxime groups is 2. The van der Waals surface area contributed by atoms with Crippen LogP contribution in [0.2, 0.25) is 5.02 Å². The highest BCUT2D eigenvalue weighted by atomic mass is 127. The van der Waals surface area contributed by atoms with Crippen molar-refractivity contribution in [2.75, 3.05) is 6.61 Å². The van der Waals surface area contributed by atoms with Crippen molar-refractivity contribution >= 4 is 52.1 Å². The van der Waals surface area contributed by atoms with Gasteiger partial charge in [0.25, 0.3) is 11.5 Å². The molecule has 1 amide bonds. The van der Waals surface area contributed by atoms with E-state index < -0.39 is 24.1 Å². The molecule has 0 radical (unpaired) electrons. The number of rotatable bonds is 6. The van der Waals surface area contributed by atoms with Crippen molar-refractivity contribution in [2.24, 2.45) is 10.3 Å². The number of hydrogen-bond donors (Lipinski definition) is 1. The van der Waals surface area contributed by atoms with Gasteiger partial charge in [0.05, 0.1) is 11.3 Å². The maximum absolute atomic E-state index is 14.2. The van der Waals surface area contributed by atoms with Gasteiger partial charge >= 0.3 is 6.18 Å². The molecule has 2 aromatic rings. The van der Waals surface area contributed by atoms with E-state index in [1.165, 1.54) is 24.3 Å². The SMILES string of the molecule is CCO/N=C\NC(=O)c1ccc(C2=NOC(c3cc(C)cc(Cl)c3)(C(F)(F)F)C2)cc1I. The Labute approximate surface area is 200 Å². The molecule has 0 saturated carbocycles. The van der Waals surface area contributed by atoms with Gasteiger partial charge in [0.1, 0.15) is 12.9 Å². The molecule has 170 valence electrons. The Morgan fingerprint density at radius 2 is 2.12 bits per heavy atom.